The third kappa shape index (κ3) is 2.16. The predicted molar refractivity (Wildman–Crippen MR) is 62.3 cm³/mol. The molecule has 2 rings (SSSR count). The van der Waals surface area contributed by atoms with E-state index in [0.717, 1.165) is 6.07 Å². The average Bonchev–Trinajstić information content (AvgIpc) is 2.66. The van der Waals surface area contributed by atoms with Gasteiger partial charge in [0, 0.05) is 19.2 Å². The molecule has 2 aromatic rings. The Bertz CT molecular complexity index is 605. The highest BCUT2D eigenvalue weighted by molar-refractivity contribution is 5.98. The van der Waals surface area contributed by atoms with Gasteiger partial charge in [-0.05, 0) is 18.6 Å². The molecule has 3 nitrogen and oxygen atoms in total. The minimum absolute atomic E-state index is 0.0586. The molecule has 5 heteroatoms. The number of hydrogen-bond donors (Lipinski definition) is 0. The number of aromatic nitrogens is 2. The molecular weight excluding hydrogens is 238 g/mol. The summed E-state index contributed by atoms with van der Waals surface area (Å²) in [5, 5.41) is 3.95. The molecule has 0 unspecified atom stereocenters. The van der Waals surface area contributed by atoms with Gasteiger partial charge in [-0.3, -0.25) is 9.48 Å². The van der Waals surface area contributed by atoms with Crippen LogP contribution in [0.4, 0.5) is 8.78 Å². The van der Waals surface area contributed by atoms with Gasteiger partial charge in [-0.15, -0.1) is 0 Å². The van der Waals surface area contributed by atoms with Gasteiger partial charge in [0.15, 0.2) is 17.4 Å². The van der Waals surface area contributed by atoms with Gasteiger partial charge in [0.2, 0.25) is 0 Å². The number of halogens is 2. The van der Waals surface area contributed by atoms with Crippen molar-refractivity contribution < 1.29 is 13.6 Å². The van der Waals surface area contributed by atoms with Gasteiger partial charge in [-0.1, -0.05) is 12.1 Å². The summed E-state index contributed by atoms with van der Waals surface area (Å²) in [6.45, 7) is 1.75. The van der Waals surface area contributed by atoms with E-state index in [1.54, 1.807) is 18.7 Å². The summed E-state index contributed by atoms with van der Waals surface area (Å²) < 4.78 is 28.0. The predicted octanol–water partition coefficient (Wildman–Crippen LogP) is 2.43. The fraction of sp³-hybridized carbons (Fsp3) is 0.231. The van der Waals surface area contributed by atoms with Crippen molar-refractivity contribution in [2.45, 2.75) is 13.3 Å². The van der Waals surface area contributed by atoms with Crippen molar-refractivity contribution in [1.29, 1.82) is 0 Å². The largest absolute Gasteiger partial charge is 0.294 e. The topological polar surface area (TPSA) is 34.9 Å². The molecule has 0 aliphatic heterocycles. The number of benzene rings is 1. The van der Waals surface area contributed by atoms with Gasteiger partial charge in [-0.2, -0.15) is 5.10 Å². The van der Waals surface area contributed by atoms with Crippen LogP contribution >= 0.6 is 0 Å². The molecule has 0 aliphatic carbocycles. The van der Waals surface area contributed by atoms with Crippen molar-refractivity contribution in [2.24, 2.45) is 7.05 Å². The molecule has 1 heterocycles. The lowest BCUT2D eigenvalue weighted by Crippen LogP contribution is -2.07. The third-order valence-electron chi connectivity index (χ3n) is 2.92. The van der Waals surface area contributed by atoms with Crippen LogP contribution in [0.3, 0.4) is 0 Å². The number of hydrogen-bond acceptors (Lipinski definition) is 2. The first-order chi connectivity index (χ1) is 8.50. The van der Waals surface area contributed by atoms with Crippen LogP contribution in [-0.4, -0.2) is 15.6 Å². The Hall–Kier alpha value is -2.04. The molecule has 0 bridgehead atoms. The van der Waals surface area contributed by atoms with Crippen LogP contribution in [0.15, 0.2) is 24.4 Å². The number of carbonyl (C=O) groups is 1. The van der Waals surface area contributed by atoms with E-state index in [-0.39, 0.29) is 17.8 Å². The van der Waals surface area contributed by atoms with Crippen molar-refractivity contribution >= 4 is 5.78 Å². The molecular formula is C13H12F2N2O. The number of carbonyl (C=O) groups excluding carboxylic acids is 1. The molecule has 18 heavy (non-hydrogen) atoms. The standard InChI is InChI=1S/C13H12F2N2O/c1-8-10(7-16-17(8)2)12(18)6-9-4-3-5-11(14)13(9)15/h3-5,7H,6H2,1-2H3. The number of aryl methyl sites for hydroxylation is 1. The first kappa shape index (κ1) is 12.4. The monoisotopic (exact) mass is 250 g/mol. The minimum atomic E-state index is -0.965. The Morgan fingerprint density at radius 3 is 2.72 bits per heavy atom. The van der Waals surface area contributed by atoms with Crippen LogP contribution in [-0.2, 0) is 13.5 Å². The Labute approximate surface area is 103 Å². The maximum atomic E-state index is 13.4. The summed E-state index contributed by atoms with van der Waals surface area (Å²) in [6.07, 6.45) is 1.27. The first-order valence-electron chi connectivity index (χ1n) is 5.45. The highest BCUT2D eigenvalue weighted by Gasteiger charge is 2.16. The van der Waals surface area contributed by atoms with Gasteiger partial charge in [0.05, 0.1) is 11.8 Å². The Morgan fingerprint density at radius 1 is 1.39 bits per heavy atom. The second kappa shape index (κ2) is 4.68. The molecule has 0 amide bonds. The van der Waals surface area contributed by atoms with E-state index in [1.807, 2.05) is 0 Å². The first-order valence-corrected chi connectivity index (χ1v) is 5.45. The van der Waals surface area contributed by atoms with Crippen LogP contribution < -0.4 is 0 Å². The summed E-state index contributed by atoms with van der Waals surface area (Å²) in [6, 6.07) is 3.82. The highest BCUT2D eigenvalue weighted by Crippen LogP contribution is 2.15. The molecule has 1 aromatic heterocycles. The lowest BCUT2D eigenvalue weighted by molar-refractivity contribution is 0.0991. The van der Waals surface area contributed by atoms with Crippen LogP contribution in [0, 0.1) is 18.6 Å². The number of ketones is 1. The zero-order valence-corrected chi connectivity index (χ0v) is 10.1. The number of Topliss-reactive ketones (excluding diaryl/α,β-unsaturated/α-hetero) is 1. The minimum Gasteiger partial charge on any atom is -0.294 e. The Morgan fingerprint density at radius 2 is 2.11 bits per heavy atom. The zero-order valence-electron chi connectivity index (χ0n) is 10.1. The maximum Gasteiger partial charge on any atom is 0.170 e. The summed E-state index contributed by atoms with van der Waals surface area (Å²) in [5.41, 5.74) is 1.20. The third-order valence-corrected chi connectivity index (χ3v) is 2.92. The van der Waals surface area contributed by atoms with Crippen molar-refractivity contribution in [3.8, 4) is 0 Å². The van der Waals surface area contributed by atoms with E-state index in [2.05, 4.69) is 5.10 Å². The fourth-order valence-electron chi connectivity index (χ4n) is 1.73. The molecule has 0 spiro atoms. The van der Waals surface area contributed by atoms with E-state index in [4.69, 9.17) is 0 Å². The Balaban J connectivity index is 2.27. The van der Waals surface area contributed by atoms with Crippen LogP contribution in [0.2, 0.25) is 0 Å². The smallest absolute Gasteiger partial charge is 0.170 e. The molecule has 0 saturated heterocycles. The van der Waals surface area contributed by atoms with E-state index >= 15 is 0 Å². The SMILES string of the molecule is Cc1c(C(=O)Cc2cccc(F)c2F)cnn1C. The van der Waals surface area contributed by atoms with Crippen molar-refractivity contribution in [2.75, 3.05) is 0 Å². The van der Waals surface area contributed by atoms with Gasteiger partial charge < -0.3 is 0 Å². The normalized spacial score (nSPS) is 10.7. The van der Waals surface area contributed by atoms with E-state index < -0.39 is 11.6 Å². The van der Waals surface area contributed by atoms with Crippen LogP contribution in [0.5, 0.6) is 0 Å². The fourth-order valence-corrected chi connectivity index (χ4v) is 1.73. The van der Waals surface area contributed by atoms with Gasteiger partial charge in [0.1, 0.15) is 0 Å². The molecule has 0 fully saturated rings. The zero-order chi connectivity index (χ0) is 13.3. The van der Waals surface area contributed by atoms with Gasteiger partial charge >= 0.3 is 0 Å². The Kier molecular flexibility index (Phi) is 3.23. The molecule has 0 saturated carbocycles. The van der Waals surface area contributed by atoms with Gasteiger partial charge in [-0.25, -0.2) is 8.78 Å². The summed E-state index contributed by atoms with van der Waals surface area (Å²) in [5.74, 6) is -2.18. The van der Waals surface area contributed by atoms with Gasteiger partial charge in [0.25, 0.3) is 0 Å². The molecule has 0 atom stereocenters. The van der Waals surface area contributed by atoms with E-state index in [9.17, 15) is 13.6 Å². The molecule has 94 valence electrons. The quantitative estimate of drug-likeness (QED) is 0.784. The van der Waals surface area contributed by atoms with E-state index in [0.29, 0.717) is 11.3 Å². The van der Waals surface area contributed by atoms with Crippen LogP contribution in [0.25, 0.3) is 0 Å². The maximum absolute atomic E-state index is 13.4. The summed E-state index contributed by atoms with van der Waals surface area (Å²) in [7, 11) is 1.72. The molecule has 0 radical (unpaired) electrons. The van der Waals surface area contributed by atoms with Crippen LogP contribution in [0.1, 0.15) is 21.6 Å². The second-order valence-corrected chi connectivity index (χ2v) is 4.08. The second-order valence-electron chi connectivity index (χ2n) is 4.08. The molecule has 0 aliphatic rings. The molecule has 1 aromatic carbocycles. The van der Waals surface area contributed by atoms with Crippen molar-refractivity contribution in [3.63, 3.8) is 0 Å². The summed E-state index contributed by atoms with van der Waals surface area (Å²) in [4.78, 5) is 12.0. The summed E-state index contributed by atoms with van der Waals surface area (Å²) >= 11 is 0. The lowest BCUT2D eigenvalue weighted by Gasteiger charge is -2.03. The average molecular weight is 250 g/mol. The molecule has 0 N–H and O–H groups in total. The lowest BCUT2D eigenvalue weighted by atomic mass is 10.0. The van der Waals surface area contributed by atoms with Crippen molar-refractivity contribution in [3.05, 3.63) is 52.9 Å². The van der Waals surface area contributed by atoms with E-state index in [1.165, 1.54) is 18.3 Å². The number of nitrogens with zero attached hydrogens (tertiary/aromatic N) is 2. The number of rotatable bonds is 3. The van der Waals surface area contributed by atoms with Crippen molar-refractivity contribution in [1.82, 2.24) is 9.78 Å². The highest BCUT2D eigenvalue weighted by atomic mass is 19.2.